The molecule has 32 heavy (non-hydrogen) atoms. The van der Waals surface area contributed by atoms with Gasteiger partial charge in [-0.1, -0.05) is 85.8 Å². The van der Waals surface area contributed by atoms with Gasteiger partial charge in [0.25, 0.3) is 0 Å². The van der Waals surface area contributed by atoms with Crippen molar-refractivity contribution in [2.75, 3.05) is 5.32 Å². The number of aliphatic imine (C=N–C) groups is 1. The summed E-state index contributed by atoms with van der Waals surface area (Å²) in [5, 5.41) is 21.0. The lowest BCUT2D eigenvalue weighted by molar-refractivity contribution is 0.438. The smallest absolute Gasteiger partial charge is 0.234 e. The van der Waals surface area contributed by atoms with Crippen LogP contribution in [-0.4, -0.2) is 26.2 Å². The predicted molar refractivity (Wildman–Crippen MR) is 137 cm³/mol. The maximum atomic E-state index is 4.81. The summed E-state index contributed by atoms with van der Waals surface area (Å²) in [4.78, 5) is 4.81. The van der Waals surface area contributed by atoms with Gasteiger partial charge in [0.05, 0.1) is 5.04 Å². The molecule has 0 saturated carbocycles. The Balaban J connectivity index is 1.70. The average molecular weight is 465 g/mol. The van der Waals surface area contributed by atoms with Crippen LogP contribution in [0, 0.1) is 13.8 Å². The molecular weight excluding hydrogens is 436 g/mol. The van der Waals surface area contributed by atoms with Crippen LogP contribution in [0.1, 0.15) is 54.8 Å². The van der Waals surface area contributed by atoms with E-state index in [1.807, 2.05) is 18.9 Å². The quantitative estimate of drug-likeness (QED) is 0.348. The van der Waals surface area contributed by atoms with E-state index in [-0.39, 0.29) is 10.8 Å². The van der Waals surface area contributed by atoms with Gasteiger partial charge in [-0.15, -0.1) is 10.2 Å². The number of rotatable bonds is 3. The van der Waals surface area contributed by atoms with E-state index in [9.17, 15) is 0 Å². The minimum absolute atomic E-state index is 0.00952. The summed E-state index contributed by atoms with van der Waals surface area (Å²) < 4.78 is 0. The number of thioether (sulfide) groups is 1. The first-order chi connectivity index (χ1) is 15.2. The Labute approximate surface area is 197 Å². The van der Waals surface area contributed by atoms with Gasteiger partial charge in [-0.25, -0.2) is 5.01 Å². The van der Waals surface area contributed by atoms with Crippen molar-refractivity contribution >= 4 is 44.9 Å². The molecule has 1 aliphatic rings. The lowest BCUT2D eigenvalue weighted by Gasteiger charge is -2.25. The van der Waals surface area contributed by atoms with Crippen molar-refractivity contribution in [3.8, 4) is 0 Å². The molecule has 2 aromatic carbocycles. The number of hydrogen-bond acceptors (Lipinski definition) is 6. The summed E-state index contributed by atoms with van der Waals surface area (Å²) >= 11 is 3.17. The lowest BCUT2D eigenvalue weighted by Crippen LogP contribution is -2.32. The molecule has 0 fully saturated rings. The fraction of sp³-hybridized carbons (Fsp3) is 0.333. The number of aromatic nitrogens is 2. The van der Waals surface area contributed by atoms with Crippen molar-refractivity contribution < 1.29 is 0 Å². The summed E-state index contributed by atoms with van der Waals surface area (Å²) in [6.45, 7) is 12.7. The van der Waals surface area contributed by atoms with Crippen molar-refractivity contribution in [2.45, 2.75) is 52.3 Å². The van der Waals surface area contributed by atoms with E-state index in [0.717, 1.165) is 15.7 Å². The normalized spacial score (nSPS) is 16.9. The van der Waals surface area contributed by atoms with Crippen molar-refractivity contribution in [3.63, 3.8) is 0 Å². The summed E-state index contributed by atoms with van der Waals surface area (Å²) in [5.41, 5.74) is 4.74. The molecule has 8 heteroatoms. The fourth-order valence-electron chi connectivity index (χ4n) is 3.28. The van der Waals surface area contributed by atoms with Gasteiger partial charge in [0, 0.05) is 5.69 Å². The molecule has 0 saturated heterocycles. The van der Waals surface area contributed by atoms with Crippen LogP contribution >= 0.6 is 23.1 Å². The first-order valence-electron chi connectivity index (χ1n) is 10.5. The van der Waals surface area contributed by atoms with Crippen LogP contribution in [0.5, 0.6) is 0 Å². The van der Waals surface area contributed by atoms with Gasteiger partial charge in [0.1, 0.15) is 10.4 Å². The third-order valence-corrected chi connectivity index (χ3v) is 6.91. The van der Waals surface area contributed by atoms with Crippen molar-refractivity contribution in [3.05, 3.63) is 70.2 Å². The van der Waals surface area contributed by atoms with Crippen LogP contribution in [0.2, 0.25) is 0 Å². The second-order valence-corrected chi connectivity index (χ2v) is 11.3. The molecule has 0 aliphatic carbocycles. The second kappa shape index (κ2) is 9.03. The molecule has 1 N–H and O–H groups in total. The van der Waals surface area contributed by atoms with Gasteiger partial charge in [0.2, 0.25) is 11.1 Å². The fourth-order valence-corrected chi connectivity index (χ4v) is 4.84. The Morgan fingerprint density at radius 1 is 0.969 bits per heavy atom. The molecule has 0 radical (unpaired) electrons. The van der Waals surface area contributed by atoms with Crippen LogP contribution in [0.4, 0.5) is 10.8 Å². The van der Waals surface area contributed by atoms with Gasteiger partial charge in [-0.05, 0) is 49.4 Å². The zero-order valence-corrected chi connectivity index (χ0v) is 20.9. The molecular formula is C24H28N6S2. The Hall–Kier alpha value is -2.71. The largest absolute Gasteiger partial charge is 0.324 e. The molecule has 6 nitrogen and oxygen atoms in total. The number of nitrogens with one attached hydrogen (secondary N) is 1. The molecule has 3 aromatic rings. The summed E-state index contributed by atoms with van der Waals surface area (Å²) in [7, 11) is 0. The summed E-state index contributed by atoms with van der Waals surface area (Å²) in [5.74, 6) is 0.625. The van der Waals surface area contributed by atoms with Gasteiger partial charge in [-0.2, -0.15) is 10.1 Å². The molecule has 1 aromatic heterocycles. The van der Waals surface area contributed by atoms with Gasteiger partial charge < -0.3 is 5.32 Å². The first-order valence-corrected chi connectivity index (χ1v) is 12.2. The first kappa shape index (κ1) is 22.5. The minimum atomic E-state index is -0.00952. The van der Waals surface area contributed by atoms with E-state index in [0.29, 0.717) is 11.1 Å². The van der Waals surface area contributed by atoms with Crippen LogP contribution in [0.15, 0.2) is 58.6 Å². The van der Waals surface area contributed by atoms with E-state index >= 15 is 0 Å². The maximum absolute atomic E-state index is 4.81. The van der Waals surface area contributed by atoms with Crippen LogP contribution < -0.4 is 5.32 Å². The monoisotopic (exact) mass is 464 g/mol. The number of anilines is 1. The number of nitrogens with zero attached hydrogens (tertiary/aromatic N) is 5. The number of hydrazone groups is 1. The van der Waals surface area contributed by atoms with Crippen LogP contribution in [0.3, 0.4) is 0 Å². The maximum Gasteiger partial charge on any atom is 0.234 e. The molecule has 0 bridgehead atoms. The third kappa shape index (κ3) is 5.19. The third-order valence-electron chi connectivity index (χ3n) is 5.06. The van der Waals surface area contributed by atoms with E-state index in [4.69, 9.17) is 10.1 Å². The molecule has 0 unspecified atom stereocenters. The van der Waals surface area contributed by atoms with Crippen molar-refractivity contribution in [2.24, 2.45) is 10.1 Å². The molecule has 0 amide bonds. The van der Waals surface area contributed by atoms with E-state index in [1.54, 1.807) is 11.8 Å². The zero-order chi connectivity index (χ0) is 22.9. The van der Waals surface area contributed by atoms with Crippen LogP contribution in [-0.2, 0) is 5.41 Å². The lowest BCUT2D eigenvalue weighted by atomic mass is 9.87. The predicted octanol–water partition coefficient (Wildman–Crippen LogP) is 6.63. The topological polar surface area (TPSA) is 65.8 Å². The number of aryl methyl sites for hydroxylation is 2. The van der Waals surface area contributed by atoms with Crippen molar-refractivity contribution in [1.29, 1.82) is 0 Å². The second-order valence-electron chi connectivity index (χ2n) is 8.84. The summed E-state index contributed by atoms with van der Waals surface area (Å²) in [6, 6.07) is 17.0. The molecule has 2 heterocycles. The number of hydrogen-bond donors (Lipinski definition) is 1. The highest BCUT2D eigenvalue weighted by Gasteiger charge is 2.31. The Kier molecular flexibility index (Phi) is 6.35. The Morgan fingerprint density at radius 2 is 1.66 bits per heavy atom. The molecule has 0 spiro atoms. The van der Waals surface area contributed by atoms with E-state index in [2.05, 4.69) is 91.7 Å². The molecule has 166 valence electrons. The van der Waals surface area contributed by atoms with E-state index < -0.39 is 0 Å². The van der Waals surface area contributed by atoms with Crippen LogP contribution in [0.25, 0.3) is 0 Å². The summed E-state index contributed by atoms with van der Waals surface area (Å²) in [6.07, 6.45) is 0. The van der Waals surface area contributed by atoms with Gasteiger partial charge in [0.15, 0.2) is 0 Å². The van der Waals surface area contributed by atoms with E-state index in [1.165, 1.54) is 28.0 Å². The van der Waals surface area contributed by atoms with Gasteiger partial charge in [-0.3, -0.25) is 0 Å². The standard InChI is InChI=1S/C24H28N6S2/c1-15-7-9-18(10-8-15)21-30(29-17(3)31-21)22(26-23-28-27-16(2)32-23)25-20-13-11-19(12-14-20)24(4,5)6/h7-14,21H,1-6H3,(H,25,26,28)/t21-/m1/s1. The molecule has 1 aliphatic heterocycles. The minimum Gasteiger partial charge on any atom is -0.324 e. The Bertz CT molecular complexity index is 1140. The zero-order valence-electron chi connectivity index (χ0n) is 19.2. The average Bonchev–Trinajstić information content (AvgIpc) is 3.33. The Morgan fingerprint density at radius 3 is 2.25 bits per heavy atom. The highest BCUT2D eigenvalue weighted by atomic mass is 32.2. The number of benzene rings is 2. The van der Waals surface area contributed by atoms with Gasteiger partial charge >= 0.3 is 0 Å². The number of guanidine groups is 1. The van der Waals surface area contributed by atoms with Crippen molar-refractivity contribution in [1.82, 2.24) is 15.2 Å². The SMILES string of the molecule is CC1=NN(C(=Nc2nnc(C)s2)Nc2ccc(C(C)(C)C)cc2)[C@@H](c2ccc(C)cc2)S1. The highest BCUT2D eigenvalue weighted by molar-refractivity contribution is 8.14. The highest BCUT2D eigenvalue weighted by Crippen LogP contribution is 2.40. The molecule has 4 rings (SSSR count). The molecule has 1 atom stereocenters.